The Kier molecular flexibility index (Phi) is 4.03. The average molecular weight is 364 g/mol. The van der Waals surface area contributed by atoms with Crippen molar-refractivity contribution in [2.75, 3.05) is 0 Å². The molecule has 0 saturated heterocycles. The predicted octanol–water partition coefficient (Wildman–Crippen LogP) is 4.03. The number of nitrogens with zero attached hydrogens (tertiary/aromatic N) is 1. The van der Waals surface area contributed by atoms with Gasteiger partial charge in [0.1, 0.15) is 17.3 Å². The van der Waals surface area contributed by atoms with Crippen molar-refractivity contribution in [2.45, 2.75) is 19.3 Å². The molecule has 0 spiro atoms. The lowest BCUT2D eigenvalue weighted by Crippen LogP contribution is -2.19. The van der Waals surface area contributed by atoms with Crippen molar-refractivity contribution in [1.29, 1.82) is 0 Å². The fourth-order valence-electron chi connectivity index (χ4n) is 3.55. The van der Waals surface area contributed by atoms with Gasteiger partial charge in [-0.3, -0.25) is 4.79 Å². The number of phenolic OH excluding ortho intramolecular Hbond substituents is 2. The van der Waals surface area contributed by atoms with Crippen LogP contribution in [0.25, 0.3) is 10.8 Å². The van der Waals surface area contributed by atoms with Crippen LogP contribution < -0.4 is 5.43 Å². The van der Waals surface area contributed by atoms with Gasteiger partial charge in [-0.05, 0) is 47.4 Å². The zero-order valence-corrected chi connectivity index (χ0v) is 14.5. The Hall–Kier alpha value is -3.41. The largest absolute Gasteiger partial charge is 0.507 e. The Morgan fingerprint density at radius 2 is 1.81 bits per heavy atom. The van der Waals surface area contributed by atoms with Crippen LogP contribution in [0.5, 0.6) is 11.5 Å². The fraction of sp³-hybridized carbons (Fsp3) is 0.143. The second-order valence-corrected chi connectivity index (χ2v) is 6.68. The number of benzene rings is 3. The molecule has 3 aromatic rings. The van der Waals surface area contributed by atoms with Crippen molar-refractivity contribution in [3.63, 3.8) is 0 Å². The highest BCUT2D eigenvalue weighted by Crippen LogP contribution is 2.39. The summed E-state index contributed by atoms with van der Waals surface area (Å²) in [6.45, 7) is 1.83. The van der Waals surface area contributed by atoms with Gasteiger partial charge in [-0.15, -0.1) is 0 Å². The van der Waals surface area contributed by atoms with Crippen LogP contribution >= 0.6 is 0 Å². The maximum absolute atomic E-state index is 14.1. The van der Waals surface area contributed by atoms with E-state index in [0.29, 0.717) is 23.3 Å². The summed E-state index contributed by atoms with van der Waals surface area (Å²) in [6.07, 6.45) is 0.397. The smallest absolute Gasteiger partial charge is 0.275 e. The number of hydrazone groups is 1. The topological polar surface area (TPSA) is 81.9 Å². The van der Waals surface area contributed by atoms with E-state index in [0.717, 1.165) is 10.8 Å². The van der Waals surface area contributed by atoms with Gasteiger partial charge in [-0.25, -0.2) is 9.82 Å². The minimum atomic E-state index is -0.581. The van der Waals surface area contributed by atoms with E-state index in [2.05, 4.69) is 10.5 Å². The number of nitrogens with one attached hydrogen (secondary N) is 1. The first kappa shape index (κ1) is 17.0. The van der Waals surface area contributed by atoms with Gasteiger partial charge in [-0.2, -0.15) is 5.10 Å². The molecule has 6 heteroatoms. The molecule has 0 saturated carbocycles. The lowest BCUT2D eigenvalue weighted by atomic mass is 10.0. The summed E-state index contributed by atoms with van der Waals surface area (Å²) in [5.41, 5.74) is 3.63. The third-order valence-corrected chi connectivity index (χ3v) is 4.85. The standard InChI is InChI=1S/C21H17FN2O3/c1-11-8-16(20-17(25)7-6-15(22)19(11)20)23-24-21(27)14-9-12-4-2-3-5-13(12)10-18(14)26/h2-7,9-11,25-26H,8H2,1H3,(H,24,27)/b23-16+/t11-/m1/s1. The van der Waals surface area contributed by atoms with Crippen LogP contribution in [-0.2, 0) is 0 Å². The van der Waals surface area contributed by atoms with Crippen LogP contribution in [0.4, 0.5) is 4.39 Å². The maximum atomic E-state index is 14.1. The minimum absolute atomic E-state index is 0.0719. The quantitative estimate of drug-likeness (QED) is 0.601. The summed E-state index contributed by atoms with van der Waals surface area (Å²) in [7, 11) is 0. The zero-order chi connectivity index (χ0) is 19.1. The highest BCUT2D eigenvalue weighted by molar-refractivity contribution is 6.08. The maximum Gasteiger partial charge on any atom is 0.275 e. The van der Waals surface area contributed by atoms with Gasteiger partial charge in [0.2, 0.25) is 0 Å². The highest BCUT2D eigenvalue weighted by Gasteiger charge is 2.30. The van der Waals surface area contributed by atoms with Crippen LogP contribution in [0.1, 0.15) is 40.7 Å². The van der Waals surface area contributed by atoms with Gasteiger partial charge in [0.05, 0.1) is 11.3 Å². The molecule has 3 N–H and O–H groups in total. The van der Waals surface area contributed by atoms with Crippen LogP contribution in [0.15, 0.2) is 53.6 Å². The number of carbonyl (C=O) groups is 1. The first-order valence-corrected chi connectivity index (χ1v) is 8.56. The molecule has 0 radical (unpaired) electrons. The number of halogens is 1. The number of fused-ring (bicyclic) bond motifs is 2. The van der Waals surface area contributed by atoms with E-state index >= 15 is 0 Å². The second-order valence-electron chi connectivity index (χ2n) is 6.68. The summed E-state index contributed by atoms with van der Waals surface area (Å²) >= 11 is 0. The molecule has 4 rings (SSSR count). The number of rotatable bonds is 2. The van der Waals surface area contributed by atoms with E-state index in [1.807, 2.05) is 31.2 Å². The molecule has 0 aromatic heterocycles. The fourth-order valence-corrected chi connectivity index (χ4v) is 3.55. The van der Waals surface area contributed by atoms with E-state index in [1.54, 1.807) is 6.07 Å². The number of phenols is 2. The van der Waals surface area contributed by atoms with Crippen LogP contribution in [-0.4, -0.2) is 21.8 Å². The van der Waals surface area contributed by atoms with Crippen molar-refractivity contribution in [2.24, 2.45) is 5.10 Å². The molecule has 1 amide bonds. The van der Waals surface area contributed by atoms with Crippen molar-refractivity contribution in [3.05, 3.63) is 71.0 Å². The molecule has 0 heterocycles. The molecular weight excluding hydrogens is 347 g/mol. The van der Waals surface area contributed by atoms with E-state index in [4.69, 9.17) is 0 Å². The number of hydrogen-bond donors (Lipinski definition) is 3. The SMILES string of the molecule is C[C@@H]1C/C(=N\NC(=O)c2cc3ccccc3cc2O)c2c(O)ccc(F)c21. The van der Waals surface area contributed by atoms with Crippen molar-refractivity contribution in [1.82, 2.24) is 5.43 Å². The molecule has 1 aliphatic rings. The Labute approximate surface area is 154 Å². The van der Waals surface area contributed by atoms with E-state index < -0.39 is 11.7 Å². The van der Waals surface area contributed by atoms with Gasteiger partial charge < -0.3 is 10.2 Å². The summed E-state index contributed by atoms with van der Waals surface area (Å²) in [4.78, 5) is 12.5. The summed E-state index contributed by atoms with van der Waals surface area (Å²) in [5, 5.41) is 26.0. The molecule has 0 bridgehead atoms. The highest BCUT2D eigenvalue weighted by atomic mass is 19.1. The summed E-state index contributed by atoms with van der Waals surface area (Å²) < 4.78 is 14.1. The molecule has 136 valence electrons. The normalized spacial score (nSPS) is 17.3. The van der Waals surface area contributed by atoms with Gasteiger partial charge >= 0.3 is 0 Å². The van der Waals surface area contributed by atoms with Gasteiger partial charge in [0, 0.05) is 11.1 Å². The number of amides is 1. The Balaban J connectivity index is 1.66. The van der Waals surface area contributed by atoms with Crippen LogP contribution in [0.2, 0.25) is 0 Å². The predicted molar refractivity (Wildman–Crippen MR) is 101 cm³/mol. The summed E-state index contributed by atoms with van der Waals surface area (Å²) in [6, 6.07) is 13.0. The molecule has 5 nitrogen and oxygen atoms in total. The third-order valence-electron chi connectivity index (χ3n) is 4.85. The monoisotopic (exact) mass is 364 g/mol. The third kappa shape index (κ3) is 2.89. The van der Waals surface area contributed by atoms with Crippen molar-refractivity contribution >= 4 is 22.4 Å². The Morgan fingerprint density at radius 1 is 1.11 bits per heavy atom. The van der Waals surface area contributed by atoms with Crippen molar-refractivity contribution in [3.8, 4) is 11.5 Å². The van der Waals surface area contributed by atoms with Crippen LogP contribution in [0.3, 0.4) is 0 Å². The summed E-state index contributed by atoms with van der Waals surface area (Å²) in [5.74, 6) is -1.36. The van der Waals surface area contributed by atoms with E-state index in [9.17, 15) is 19.4 Å². The molecule has 3 aromatic carbocycles. The zero-order valence-electron chi connectivity index (χ0n) is 14.5. The van der Waals surface area contributed by atoms with Crippen molar-refractivity contribution < 1.29 is 19.4 Å². The lowest BCUT2D eigenvalue weighted by molar-refractivity contribution is 0.0952. The number of hydrogen-bond acceptors (Lipinski definition) is 4. The molecule has 0 aliphatic heterocycles. The van der Waals surface area contributed by atoms with E-state index in [1.165, 1.54) is 18.2 Å². The molecule has 1 atom stereocenters. The number of aromatic hydroxyl groups is 2. The Bertz CT molecular complexity index is 1110. The average Bonchev–Trinajstić information content (AvgIpc) is 3.00. The minimum Gasteiger partial charge on any atom is -0.507 e. The Morgan fingerprint density at radius 3 is 2.56 bits per heavy atom. The molecule has 0 unspecified atom stereocenters. The lowest BCUT2D eigenvalue weighted by Gasteiger charge is -2.08. The molecular formula is C21H17FN2O3. The second kappa shape index (κ2) is 6.39. The van der Waals surface area contributed by atoms with E-state index in [-0.39, 0.29) is 23.0 Å². The van der Waals surface area contributed by atoms with Gasteiger partial charge in [-0.1, -0.05) is 31.2 Å². The number of carbonyl (C=O) groups excluding carboxylic acids is 1. The molecule has 27 heavy (non-hydrogen) atoms. The first-order valence-electron chi connectivity index (χ1n) is 8.56. The van der Waals surface area contributed by atoms with Gasteiger partial charge in [0.15, 0.2) is 0 Å². The first-order chi connectivity index (χ1) is 13.0. The molecule has 0 fully saturated rings. The molecule has 1 aliphatic carbocycles. The van der Waals surface area contributed by atoms with Crippen LogP contribution in [0, 0.1) is 5.82 Å². The van der Waals surface area contributed by atoms with Gasteiger partial charge in [0.25, 0.3) is 5.91 Å².